The molecule has 0 amide bonds. The number of pyridine rings is 1. The van der Waals surface area contributed by atoms with E-state index >= 15 is 0 Å². The van der Waals surface area contributed by atoms with Crippen LogP contribution >= 0.6 is 0 Å². The van der Waals surface area contributed by atoms with Gasteiger partial charge in [0.25, 0.3) is 5.82 Å². The molecule has 6 heteroatoms. The van der Waals surface area contributed by atoms with Crippen LogP contribution in [-0.2, 0) is 6.61 Å². The maximum absolute atomic E-state index is 9.69. The summed E-state index contributed by atoms with van der Waals surface area (Å²) in [5, 5.41) is 19.3. The Labute approximate surface area is 163 Å². The number of nitrogens with two attached hydrogens (primary N) is 1. The van der Waals surface area contributed by atoms with Crippen LogP contribution in [0.5, 0.6) is 11.6 Å². The quantitative estimate of drug-likeness (QED) is 0.714. The first-order valence-corrected chi connectivity index (χ1v) is 8.76. The number of hydrogen-bond acceptors (Lipinski definition) is 5. The van der Waals surface area contributed by atoms with Crippen molar-refractivity contribution in [1.29, 1.82) is 10.5 Å². The van der Waals surface area contributed by atoms with Crippen molar-refractivity contribution in [1.82, 2.24) is 0 Å². The smallest absolute Gasteiger partial charge is 0.301 e. The van der Waals surface area contributed by atoms with Gasteiger partial charge in [-0.3, -0.25) is 5.73 Å². The Morgan fingerprint density at radius 1 is 0.964 bits per heavy atom. The zero-order valence-corrected chi connectivity index (χ0v) is 15.4. The van der Waals surface area contributed by atoms with Gasteiger partial charge in [-0.2, -0.15) is 10.5 Å². The summed E-state index contributed by atoms with van der Waals surface area (Å²) >= 11 is 0. The predicted molar refractivity (Wildman–Crippen MR) is 104 cm³/mol. The first-order chi connectivity index (χ1) is 13.7. The Hall–Kier alpha value is -4.03. The maximum Gasteiger partial charge on any atom is 0.301 e. The zero-order valence-electron chi connectivity index (χ0n) is 15.4. The summed E-state index contributed by atoms with van der Waals surface area (Å²) in [5.41, 5.74) is 8.54. The van der Waals surface area contributed by atoms with Crippen molar-refractivity contribution in [2.75, 3.05) is 12.3 Å². The van der Waals surface area contributed by atoms with Crippen LogP contribution in [0.4, 0.5) is 5.82 Å². The number of nitrogens with zero attached hydrogens (tertiary/aromatic N) is 2. The highest BCUT2D eigenvalue weighted by Crippen LogP contribution is 2.34. The predicted octanol–water partition coefficient (Wildman–Crippen LogP) is 3.47. The summed E-state index contributed by atoms with van der Waals surface area (Å²) in [6.07, 6.45) is 0. The maximum atomic E-state index is 9.69. The summed E-state index contributed by atoms with van der Waals surface area (Å²) in [6, 6.07) is 21.2. The molecule has 28 heavy (non-hydrogen) atoms. The summed E-state index contributed by atoms with van der Waals surface area (Å²) in [6.45, 7) is 2.58. The number of aromatic amines is 1. The van der Waals surface area contributed by atoms with E-state index in [0.29, 0.717) is 30.1 Å². The summed E-state index contributed by atoms with van der Waals surface area (Å²) in [4.78, 5) is 2.80. The third kappa shape index (κ3) is 3.87. The van der Waals surface area contributed by atoms with Crippen LogP contribution in [-0.4, -0.2) is 6.61 Å². The number of aromatic nitrogens is 1. The van der Waals surface area contributed by atoms with Gasteiger partial charge >= 0.3 is 5.88 Å². The molecule has 0 bridgehead atoms. The molecule has 138 valence electrons. The van der Waals surface area contributed by atoms with Crippen LogP contribution in [0, 0.1) is 22.7 Å². The number of anilines is 1. The minimum Gasteiger partial charge on any atom is -0.489 e. The molecule has 1 aromatic heterocycles. The van der Waals surface area contributed by atoms with E-state index in [9.17, 15) is 10.5 Å². The van der Waals surface area contributed by atoms with Crippen molar-refractivity contribution in [2.45, 2.75) is 13.5 Å². The molecule has 6 nitrogen and oxygen atoms in total. The summed E-state index contributed by atoms with van der Waals surface area (Å²) in [7, 11) is 0. The van der Waals surface area contributed by atoms with E-state index in [2.05, 4.69) is 17.1 Å². The number of benzene rings is 2. The van der Waals surface area contributed by atoms with Crippen LogP contribution in [0.1, 0.15) is 23.6 Å². The van der Waals surface area contributed by atoms with E-state index in [1.807, 2.05) is 48.5 Å². The highest BCUT2D eigenvalue weighted by molar-refractivity contribution is 5.81. The van der Waals surface area contributed by atoms with Crippen molar-refractivity contribution in [2.24, 2.45) is 0 Å². The average molecular weight is 371 g/mol. The second-order valence-corrected chi connectivity index (χ2v) is 5.95. The van der Waals surface area contributed by atoms with Crippen LogP contribution < -0.4 is 20.2 Å². The van der Waals surface area contributed by atoms with Crippen molar-refractivity contribution < 1.29 is 14.5 Å². The highest BCUT2D eigenvalue weighted by atomic mass is 16.5. The van der Waals surface area contributed by atoms with E-state index in [-0.39, 0.29) is 22.8 Å². The number of nitrogen functional groups attached to an aromatic ring is 1. The van der Waals surface area contributed by atoms with E-state index in [4.69, 9.17) is 15.2 Å². The van der Waals surface area contributed by atoms with Crippen LogP contribution in [0.25, 0.3) is 11.1 Å². The minimum absolute atomic E-state index is 0.149. The van der Waals surface area contributed by atoms with Gasteiger partial charge in [0.1, 0.15) is 30.1 Å². The van der Waals surface area contributed by atoms with Crippen LogP contribution in [0.2, 0.25) is 0 Å². The topological polar surface area (TPSA) is 106 Å². The fourth-order valence-electron chi connectivity index (χ4n) is 2.87. The van der Waals surface area contributed by atoms with Crippen LogP contribution in [0.3, 0.4) is 0 Å². The van der Waals surface area contributed by atoms with Crippen LogP contribution in [0.15, 0.2) is 54.6 Å². The van der Waals surface area contributed by atoms with Crippen molar-refractivity contribution in [3.8, 4) is 34.9 Å². The van der Waals surface area contributed by atoms with Gasteiger partial charge in [0, 0.05) is 5.56 Å². The molecule has 0 aliphatic heterocycles. The van der Waals surface area contributed by atoms with Gasteiger partial charge in [0.05, 0.1) is 6.61 Å². The Bertz CT molecular complexity index is 1070. The molecule has 3 N–H and O–H groups in total. The lowest BCUT2D eigenvalue weighted by Gasteiger charge is -2.12. The fourth-order valence-corrected chi connectivity index (χ4v) is 2.87. The molecular formula is C22H19N4O2+. The highest BCUT2D eigenvalue weighted by Gasteiger charge is 2.24. The van der Waals surface area contributed by atoms with Gasteiger partial charge in [0.15, 0.2) is 5.56 Å². The van der Waals surface area contributed by atoms with Crippen molar-refractivity contribution in [3.05, 3.63) is 71.3 Å². The number of ether oxygens (including phenoxy) is 2. The fraction of sp³-hybridized carbons (Fsp3) is 0.136. The van der Waals surface area contributed by atoms with E-state index < -0.39 is 0 Å². The Morgan fingerprint density at radius 3 is 2.39 bits per heavy atom. The molecule has 0 fully saturated rings. The number of hydrogen-bond donors (Lipinski definition) is 1. The zero-order chi connectivity index (χ0) is 19.9. The first-order valence-electron chi connectivity index (χ1n) is 8.76. The lowest BCUT2D eigenvalue weighted by molar-refractivity contribution is -0.377. The summed E-state index contributed by atoms with van der Waals surface area (Å²) in [5.74, 6) is 1.01. The second kappa shape index (κ2) is 8.57. The molecule has 1 heterocycles. The minimum atomic E-state index is 0.149. The lowest BCUT2D eigenvalue weighted by Crippen LogP contribution is -2.19. The number of nitrogens with one attached hydrogen (secondary N) is 1. The Balaban J connectivity index is 2.03. The normalized spacial score (nSPS) is 9.96. The van der Waals surface area contributed by atoms with E-state index in [1.54, 1.807) is 13.0 Å². The Kier molecular flexibility index (Phi) is 5.74. The molecule has 0 saturated heterocycles. The molecule has 2 aromatic carbocycles. The van der Waals surface area contributed by atoms with Gasteiger partial charge in [-0.1, -0.05) is 42.5 Å². The molecule has 0 aliphatic rings. The monoisotopic (exact) mass is 371 g/mol. The third-order valence-corrected chi connectivity index (χ3v) is 4.13. The van der Waals surface area contributed by atoms with Crippen molar-refractivity contribution in [3.63, 3.8) is 0 Å². The standard InChI is InChI=1S/C22H18N4O2/c1-2-27-22-19(13-24)20(18(12-23)21(25)26-22)16-9-6-10-17(11-16)28-14-15-7-4-3-5-8-15/h3-11H,2,14H2,1H3,(H2,25,26)/p+1. The first kappa shape index (κ1) is 18.8. The van der Waals surface area contributed by atoms with Gasteiger partial charge in [-0.15, -0.1) is 0 Å². The van der Waals surface area contributed by atoms with Crippen molar-refractivity contribution >= 4 is 5.82 Å². The van der Waals surface area contributed by atoms with Gasteiger partial charge in [-0.05, 0) is 30.2 Å². The van der Waals surface area contributed by atoms with Gasteiger partial charge in [-0.25, -0.2) is 4.98 Å². The molecule has 0 unspecified atom stereocenters. The largest absolute Gasteiger partial charge is 0.489 e. The number of rotatable bonds is 6. The number of nitriles is 2. The third-order valence-electron chi connectivity index (χ3n) is 4.13. The SMILES string of the molecule is CCOc1[nH+]c(N)c(C#N)c(-c2cccc(OCc3ccccc3)c2)c1C#N. The second-order valence-electron chi connectivity index (χ2n) is 5.95. The number of H-pyrrole nitrogens is 1. The lowest BCUT2D eigenvalue weighted by atomic mass is 9.96. The molecule has 0 atom stereocenters. The molecule has 0 radical (unpaired) electrons. The van der Waals surface area contributed by atoms with Gasteiger partial charge in [0.2, 0.25) is 0 Å². The van der Waals surface area contributed by atoms with E-state index in [1.165, 1.54) is 0 Å². The molecule has 0 saturated carbocycles. The molecule has 0 aliphatic carbocycles. The molecule has 3 aromatic rings. The summed E-state index contributed by atoms with van der Waals surface area (Å²) < 4.78 is 11.4. The Morgan fingerprint density at radius 2 is 1.71 bits per heavy atom. The molecular weight excluding hydrogens is 352 g/mol. The van der Waals surface area contributed by atoms with Gasteiger partial charge < -0.3 is 9.47 Å². The molecule has 3 rings (SSSR count). The molecule has 0 spiro atoms. The average Bonchev–Trinajstić information content (AvgIpc) is 2.73. The van der Waals surface area contributed by atoms with E-state index in [0.717, 1.165) is 5.56 Å².